The van der Waals surface area contributed by atoms with Crippen LogP contribution in [0.15, 0.2) is 61.7 Å². The largest absolute Gasteiger partial charge is 0.658 e. The van der Waals surface area contributed by atoms with Gasteiger partial charge in [0.15, 0.2) is 0 Å². The van der Waals surface area contributed by atoms with Gasteiger partial charge in [0.05, 0.1) is 0 Å². The molecule has 0 aromatic heterocycles. The second kappa shape index (κ2) is 6.50. The van der Waals surface area contributed by atoms with E-state index >= 15 is 0 Å². The Morgan fingerprint density at radius 2 is 1.05 bits per heavy atom. The first kappa shape index (κ1) is 13.0. The molecule has 0 N–H and O–H groups in total. The molecular weight excluding hydrogens is 235 g/mol. The van der Waals surface area contributed by atoms with Gasteiger partial charge in [0.2, 0.25) is 0 Å². The van der Waals surface area contributed by atoms with Gasteiger partial charge in [-0.3, -0.25) is 0 Å². The highest BCUT2D eigenvalue weighted by Crippen LogP contribution is 2.14. The van der Waals surface area contributed by atoms with Gasteiger partial charge in [-0.15, -0.1) is 0 Å². The van der Waals surface area contributed by atoms with Crippen LogP contribution in [-0.2, 0) is 0 Å². The maximum Gasteiger partial charge on any atom is 0.658 e. The summed E-state index contributed by atoms with van der Waals surface area (Å²) in [7, 11) is 1.31. The molecule has 0 bridgehead atoms. The summed E-state index contributed by atoms with van der Waals surface area (Å²) in [5.41, 5.74) is 2.10. The standard InChI is InChI=1S/C16H14BO2/c1-3-13-5-9-15(10-6-13)18-17-19-16-11-7-14(4-2)8-12-16/h3-12H,1-2H2. The van der Waals surface area contributed by atoms with Crippen molar-refractivity contribution in [3.05, 3.63) is 72.8 Å². The molecule has 19 heavy (non-hydrogen) atoms. The maximum atomic E-state index is 5.36. The second-order valence-electron chi connectivity index (χ2n) is 3.88. The zero-order chi connectivity index (χ0) is 13.5. The normalized spacial score (nSPS) is 9.47. The van der Waals surface area contributed by atoms with E-state index in [1.165, 1.54) is 7.69 Å². The van der Waals surface area contributed by atoms with Crippen molar-refractivity contribution in [2.45, 2.75) is 0 Å². The van der Waals surface area contributed by atoms with Crippen LogP contribution in [0.5, 0.6) is 11.5 Å². The molecule has 0 spiro atoms. The van der Waals surface area contributed by atoms with Crippen molar-refractivity contribution < 1.29 is 9.31 Å². The minimum absolute atomic E-state index is 0.716. The van der Waals surface area contributed by atoms with Gasteiger partial charge in [0.25, 0.3) is 0 Å². The van der Waals surface area contributed by atoms with E-state index in [0.717, 1.165) is 11.1 Å². The van der Waals surface area contributed by atoms with Crippen molar-refractivity contribution >= 4 is 19.8 Å². The fourth-order valence-corrected chi connectivity index (χ4v) is 1.50. The molecule has 2 aromatic carbocycles. The molecule has 3 heteroatoms. The number of rotatable bonds is 6. The third-order valence-corrected chi connectivity index (χ3v) is 2.60. The SMILES string of the molecule is C=Cc1ccc(O[B]Oc2ccc(C=C)cc2)cc1. The molecule has 0 aliphatic rings. The first-order valence-corrected chi connectivity index (χ1v) is 5.92. The Labute approximate surface area is 114 Å². The lowest BCUT2D eigenvalue weighted by atomic mass is 10.2. The van der Waals surface area contributed by atoms with Gasteiger partial charge in [-0.2, -0.15) is 0 Å². The third kappa shape index (κ3) is 3.78. The summed E-state index contributed by atoms with van der Waals surface area (Å²) < 4.78 is 10.7. The van der Waals surface area contributed by atoms with Crippen LogP contribution in [0.1, 0.15) is 11.1 Å². The van der Waals surface area contributed by atoms with E-state index in [2.05, 4.69) is 13.2 Å². The van der Waals surface area contributed by atoms with Crippen LogP contribution in [-0.4, -0.2) is 7.69 Å². The van der Waals surface area contributed by atoms with Gasteiger partial charge < -0.3 is 9.31 Å². The van der Waals surface area contributed by atoms with Gasteiger partial charge >= 0.3 is 7.69 Å². The smallest absolute Gasteiger partial charge is 0.526 e. The molecule has 0 saturated heterocycles. The van der Waals surface area contributed by atoms with Gasteiger partial charge in [-0.05, 0) is 35.4 Å². The van der Waals surface area contributed by atoms with Crippen LogP contribution in [0.3, 0.4) is 0 Å². The number of hydrogen-bond acceptors (Lipinski definition) is 2. The molecule has 0 saturated carbocycles. The summed E-state index contributed by atoms with van der Waals surface area (Å²) in [5, 5.41) is 0. The third-order valence-electron chi connectivity index (χ3n) is 2.60. The topological polar surface area (TPSA) is 18.5 Å². The average Bonchev–Trinajstić information content (AvgIpc) is 2.49. The Morgan fingerprint density at radius 1 is 0.684 bits per heavy atom. The van der Waals surface area contributed by atoms with Crippen LogP contribution in [0.25, 0.3) is 12.2 Å². The van der Waals surface area contributed by atoms with E-state index in [1.54, 1.807) is 12.2 Å². The molecule has 0 fully saturated rings. The summed E-state index contributed by atoms with van der Waals surface area (Å²) in [6, 6.07) is 15.1. The molecule has 0 aliphatic carbocycles. The fraction of sp³-hybridized carbons (Fsp3) is 0. The Bertz CT molecular complexity index is 492. The molecule has 2 rings (SSSR count). The van der Waals surface area contributed by atoms with E-state index in [0.29, 0.717) is 11.5 Å². The van der Waals surface area contributed by atoms with Crippen molar-refractivity contribution in [3.63, 3.8) is 0 Å². The van der Waals surface area contributed by atoms with E-state index in [-0.39, 0.29) is 0 Å². The minimum Gasteiger partial charge on any atom is -0.526 e. The van der Waals surface area contributed by atoms with Crippen LogP contribution in [0, 0.1) is 0 Å². The first-order chi connectivity index (χ1) is 9.31. The Kier molecular flexibility index (Phi) is 4.46. The summed E-state index contributed by atoms with van der Waals surface area (Å²) in [4.78, 5) is 0. The van der Waals surface area contributed by atoms with Gasteiger partial charge in [-0.25, -0.2) is 0 Å². The van der Waals surface area contributed by atoms with Crippen LogP contribution in [0.4, 0.5) is 0 Å². The molecule has 0 heterocycles. The van der Waals surface area contributed by atoms with Crippen molar-refractivity contribution in [2.75, 3.05) is 0 Å². The molecule has 0 amide bonds. The lowest BCUT2D eigenvalue weighted by molar-refractivity contribution is 0.459. The molecule has 0 atom stereocenters. The quantitative estimate of drug-likeness (QED) is 0.721. The summed E-state index contributed by atoms with van der Waals surface area (Å²) in [5.74, 6) is 1.43. The number of hydrogen-bond donors (Lipinski definition) is 0. The maximum absolute atomic E-state index is 5.36. The zero-order valence-corrected chi connectivity index (χ0v) is 10.6. The van der Waals surface area contributed by atoms with E-state index in [9.17, 15) is 0 Å². The fourth-order valence-electron chi connectivity index (χ4n) is 1.50. The van der Waals surface area contributed by atoms with Crippen molar-refractivity contribution in [1.82, 2.24) is 0 Å². The van der Waals surface area contributed by atoms with Gasteiger partial charge in [0.1, 0.15) is 11.5 Å². The highest BCUT2D eigenvalue weighted by Gasteiger charge is 2.01. The Hall–Kier alpha value is -2.42. The average molecular weight is 249 g/mol. The predicted octanol–water partition coefficient (Wildman–Crippen LogP) is 3.96. The summed E-state index contributed by atoms with van der Waals surface area (Å²) in [6.45, 7) is 7.39. The first-order valence-electron chi connectivity index (χ1n) is 5.92. The summed E-state index contributed by atoms with van der Waals surface area (Å²) in [6.07, 6.45) is 3.57. The zero-order valence-electron chi connectivity index (χ0n) is 10.6. The van der Waals surface area contributed by atoms with E-state index in [1.807, 2.05) is 48.5 Å². The van der Waals surface area contributed by atoms with E-state index in [4.69, 9.17) is 9.31 Å². The lowest BCUT2D eigenvalue weighted by Crippen LogP contribution is -2.10. The Morgan fingerprint density at radius 3 is 1.37 bits per heavy atom. The van der Waals surface area contributed by atoms with Crippen LogP contribution < -0.4 is 9.31 Å². The monoisotopic (exact) mass is 249 g/mol. The molecule has 93 valence electrons. The molecule has 2 nitrogen and oxygen atoms in total. The molecule has 1 radical (unpaired) electrons. The number of benzene rings is 2. The van der Waals surface area contributed by atoms with Gasteiger partial charge in [0, 0.05) is 0 Å². The van der Waals surface area contributed by atoms with Crippen molar-refractivity contribution in [2.24, 2.45) is 0 Å². The molecular formula is C16H14BO2. The Balaban J connectivity index is 1.84. The minimum atomic E-state index is 0.716. The van der Waals surface area contributed by atoms with Crippen molar-refractivity contribution in [3.8, 4) is 11.5 Å². The highest BCUT2D eigenvalue weighted by molar-refractivity contribution is 6.20. The molecule has 0 unspecified atom stereocenters. The lowest BCUT2D eigenvalue weighted by Gasteiger charge is -2.06. The molecule has 0 aliphatic heterocycles. The second-order valence-corrected chi connectivity index (χ2v) is 3.88. The molecule has 2 aromatic rings. The summed E-state index contributed by atoms with van der Waals surface area (Å²) >= 11 is 0. The van der Waals surface area contributed by atoms with Crippen LogP contribution in [0.2, 0.25) is 0 Å². The van der Waals surface area contributed by atoms with Crippen LogP contribution >= 0.6 is 0 Å². The van der Waals surface area contributed by atoms with Gasteiger partial charge in [-0.1, -0.05) is 49.6 Å². The van der Waals surface area contributed by atoms with Crippen molar-refractivity contribution in [1.29, 1.82) is 0 Å². The highest BCUT2D eigenvalue weighted by atomic mass is 16.6. The van der Waals surface area contributed by atoms with E-state index < -0.39 is 0 Å². The predicted molar refractivity (Wildman–Crippen MR) is 80.1 cm³/mol.